The zero-order valence-electron chi connectivity index (χ0n) is 64.6. The van der Waals surface area contributed by atoms with Gasteiger partial charge in [0.25, 0.3) is 0 Å². The average molecular weight is 869 g/mol. The fourth-order valence-electron chi connectivity index (χ4n) is 7.91. The van der Waals surface area contributed by atoms with E-state index in [2.05, 4.69) is 9.97 Å². The third-order valence-electron chi connectivity index (χ3n) is 10.5. The van der Waals surface area contributed by atoms with Gasteiger partial charge < -0.3 is 8.98 Å². The van der Waals surface area contributed by atoms with Crippen LogP contribution >= 0.6 is 11.3 Å². The minimum atomic E-state index is -1.12. The molecule has 0 amide bonds. The average Bonchev–Trinajstić information content (AvgIpc) is 1.50. The fraction of sp³-hybridized carbons (Fsp3) is 0. The number of thiophene rings is 1. The lowest BCUT2D eigenvalue weighted by Gasteiger charge is -2.15. The lowest BCUT2D eigenvalue weighted by molar-refractivity contribution is 0.666. The molecule has 0 bridgehead atoms. The lowest BCUT2D eigenvalue weighted by atomic mass is 10.0. The summed E-state index contributed by atoms with van der Waals surface area (Å²) in [5, 5.41) is -4.75. The van der Waals surface area contributed by atoms with Crippen molar-refractivity contribution in [3.8, 4) is 45.5 Å². The van der Waals surface area contributed by atoms with E-state index < -0.39 is 310 Å². The molecule has 5 heterocycles. The van der Waals surface area contributed by atoms with Crippen molar-refractivity contribution in [2.24, 2.45) is 0 Å². The molecule has 0 saturated carbocycles. The molecule has 0 atom stereocenters. The normalized spacial score (nSPS) is 19.3. The van der Waals surface area contributed by atoms with Crippen molar-refractivity contribution in [3.63, 3.8) is 0 Å². The molecular weight excluding hydrogens is 803 g/mol. The highest BCUT2D eigenvalue weighted by molar-refractivity contribution is 7.25. The van der Waals surface area contributed by atoms with Gasteiger partial charge in [0, 0.05) is 63.6 Å². The number of benzene rings is 9. The number of para-hydroxylation sites is 3. The van der Waals surface area contributed by atoms with Crippen LogP contribution in [0.25, 0.3) is 131 Å². The largest absolute Gasteiger partial charge is 0.454 e. The van der Waals surface area contributed by atoms with Crippen LogP contribution in [0.1, 0.15) is 45.2 Å². The van der Waals surface area contributed by atoms with Crippen molar-refractivity contribution in [1.29, 1.82) is 0 Å². The van der Waals surface area contributed by atoms with E-state index in [1.807, 2.05) is 0 Å². The second-order valence-electron chi connectivity index (χ2n) is 13.8. The van der Waals surface area contributed by atoms with Crippen LogP contribution in [-0.4, -0.2) is 24.1 Å². The maximum atomic E-state index is 10.4. The Labute approximate surface area is 415 Å². The van der Waals surface area contributed by atoms with Gasteiger partial charge in [-0.2, -0.15) is 9.97 Å². The zero-order chi connectivity index (χ0) is 70.6. The molecular formula is C57H33N5OS. The highest BCUT2D eigenvalue weighted by Crippen LogP contribution is 2.45. The topological polar surface area (TPSA) is 61.7 Å². The van der Waals surface area contributed by atoms with Crippen LogP contribution in [0.3, 0.4) is 0 Å². The summed E-state index contributed by atoms with van der Waals surface area (Å²) in [5.74, 6) is -2.81. The van der Waals surface area contributed by atoms with Crippen LogP contribution in [-0.2, 0) is 0 Å². The molecule has 6 nitrogen and oxygen atoms in total. The van der Waals surface area contributed by atoms with Crippen LogP contribution in [0.4, 0.5) is 0 Å². The van der Waals surface area contributed by atoms with E-state index in [1.54, 1.807) is 0 Å². The predicted octanol–water partition coefficient (Wildman–Crippen LogP) is 15.3. The number of nitrogens with zero attached hydrogens (tertiary/aromatic N) is 5. The lowest BCUT2D eigenvalue weighted by Crippen LogP contribution is -2.07. The summed E-state index contributed by atoms with van der Waals surface area (Å²) in [4.78, 5) is 14.0. The molecule has 0 N–H and O–H groups in total. The number of aromatic nitrogens is 5. The Hall–Kier alpha value is -8.39. The highest BCUT2D eigenvalue weighted by atomic mass is 32.1. The van der Waals surface area contributed by atoms with Gasteiger partial charge in [-0.3, -0.25) is 4.57 Å². The Morgan fingerprint density at radius 1 is 0.422 bits per heavy atom. The minimum absolute atomic E-state index is 0.198. The summed E-state index contributed by atoms with van der Waals surface area (Å²) >= 11 is 0.613. The van der Waals surface area contributed by atoms with Gasteiger partial charge in [0.1, 0.15) is 5.58 Å². The van der Waals surface area contributed by atoms with E-state index >= 15 is 0 Å². The predicted molar refractivity (Wildman–Crippen MR) is 265 cm³/mol. The molecule has 14 rings (SSSR count). The minimum Gasteiger partial charge on any atom is -0.454 e. The van der Waals surface area contributed by atoms with Crippen molar-refractivity contribution >= 4 is 97.1 Å². The molecule has 0 saturated heterocycles. The summed E-state index contributed by atoms with van der Waals surface area (Å²) in [6.07, 6.45) is 0. The van der Waals surface area contributed by atoms with Gasteiger partial charge in [-0.15, -0.1) is 11.3 Å². The summed E-state index contributed by atoms with van der Waals surface area (Å²) < 4.78 is 311. The molecule has 298 valence electrons. The summed E-state index contributed by atoms with van der Waals surface area (Å²) in [7, 11) is 0. The number of rotatable bonds is 5. The number of furan rings is 1. The highest BCUT2D eigenvalue weighted by Gasteiger charge is 2.26. The Morgan fingerprint density at radius 2 is 1.02 bits per heavy atom. The van der Waals surface area contributed by atoms with Crippen molar-refractivity contribution < 1.29 is 49.7 Å². The quantitative estimate of drug-likeness (QED) is 0.173. The number of hydrogen-bond acceptors (Lipinski definition) is 5. The smallest absolute Gasteiger partial charge is 0.238 e. The Bertz CT molecular complexity index is 6130. The van der Waals surface area contributed by atoms with Crippen LogP contribution in [0.2, 0.25) is 0 Å². The number of fused-ring (bicyclic) bond motifs is 13. The van der Waals surface area contributed by atoms with Gasteiger partial charge in [-0.25, -0.2) is 4.98 Å². The van der Waals surface area contributed by atoms with Crippen molar-refractivity contribution in [3.05, 3.63) is 199 Å². The molecule has 0 fully saturated rings. The fourth-order valence-corrected chi connectivity index (χ4v) is 8.88. The van der Waals surface area contributed by atoms with Gasteiger partial charge in [0.2, 0.25) is 5.95 Å². The molecule has 14 aromatic rings. The molecule has 64 heavy (non-hydrogen) atoms. The Kier molecular flexibility index (Phi) is 3.40. The molecule has 0 aliphatic heterocycles. The molecule has 7 heteroatoms. The zero-order valence-corrected chi connectivity index (χ0v) is 32.4. The van der Waals surface area contributed by atoms with E-state index in [1.165, 1.54) is 0 Å². The maximum absolute atomic E-state index is 10.4. The van der Waals surface area contributed by atoms with E-state index in [-0.39, 0.29) is 20.2 Å². The van der Waals surface area contributed by atoms with E-state index in [0.29, 0.717) is 11.3 Å². The molecule has 0 aliphatic carbocycles. The van der Waals surface area contributed by atoms with Crippen LogP contribution in [0, 0.1) is 0 Å². The molecule has 0 spiro atoms. The molecule has 0 aliphatic rings. The van der Waals surface area contributed by atoms with Gasteiger partial charge >= 0.3 is 0 Å². The standard InChI is InChI=1S/C57H33N5OS/c1-3-16-34(17-4-1)36-32-44-39-22-9-13-27-48(39)63-54(44)47(33-36)61-45-25-11-7-20-37(45)40-30-31-41-38-21-8-12-26-46(38)62(53(41)52(40)61)57-59-55(35-18-5-2-6-19-35)58-56(60-57)43-24-15-29-50-51(43)42-23-10-14-28-49(42)64-50/h1-33H/i1D,2D,3D,4D,5D,6D,7D,8D,9D,10D,11D,12D,13D,14D,15D,16D,17D,18D,19D,20D,21D,22D,23D,24D,25D,26D,27D,28D,29D,30D,31D,32D,33D. The first-order valence-electron chi connectivity index (χ1n) is 35.2. The maximum Gasteiger partial charge on any atom is 0.238 e. The van der Waals surface area contributed by atoms with Gasteiger partial charge in [-0.1, -0.05) is 157 Å². The molecule has 0 radical (unpaired) electrons. The van der Waals surface area contributed by atoms with Crippen LogP contribution < -0.4 is 0 Å². The Balaban J connectivity index is 1.32. The Morgan fingerprint density at radius 3 is 1.78 bits per heavy atom. The summed E-state index contributed by atoms with van der Waals surface area (Å²) in [6.45, 7) is 0. The first-order valence-corrected chi connectivity index (χ1v) is 19.6. The van der Waals surface area contributed by atoms with Crippen molar-refractivity contribution in [2.75, 3.05) is 0 Å². The SMILES string of the molecule is [2H]c1c([2H])c([2H])c(-c2nc(-c3c([2H])c([2H])c([2H])c4sc5c([2H])c([2H])c([2H])c([2H])c5c34)nc(-n3c4c([2H])c([2H])c([2H])c([2H])c4c4c([2H])c([2H])c5c6c([2H])c([2H])c([2H])c([2H])c6n(-c6c([2H])c(-c7c([2H])c([2H])c([2H])c([2H])c7[2H])c([2H])c7c6oc6c([2H])c([2H])c([2H])c([2H])c67)c5c43)n2)c([2H])c1[2H]. The third-order valence-corrected chi connectivity index (χ3v) is 11.5. The van der Waals surface area contributed by atoms with Gasteiger partial charge in [-0.05, 0) is 53.4 Å². The molecule has 0 unspecified atom stereocenters. The molecule has 9 aromatic carbocycles. The number of hydrogen-bond donors (Lipinski definition) is 0. The monoisotopic (exact) mass is 868 g/mol. The first kappa shape index (κ1) is 16.1. The van der Waals surface area contributed by atoms with Crippen LogP contribution in [0.5, 0.6) is 0 Å². The second-order valence-corrected chi connectivity index (χ2v) is 14.9. The van der Waals surface area contributed by atoms with E-state index in [9.17, 15) is 23.3 Å². The van der Waals surface area contributed by atoms with E-state index in [0.717, 1.165) is 9.13 Å². The van der Waals surface area contributed by atoms with E-state index in [4.69, 9.17) is 31.3 Å². The summed E-state index contributed by atoms with van der Waals surface area (Å²) in [5.41, 5.74) is -8.73. The molecule has 5 aromatic heterocycles. The second kappa shape index (κ2) is 13.6. The van der Waals surface area contributed by atoms with Gasteiger partial charge in [0.05, 0.1) is 73.0 Å². The van der Waals surface area contributed by atoms with Gasteiger partial charge in [0.15, 0.2) is 17.2 Å². The van der Waals surface area contributed by atoms with Crippen molar-refractivity contribution in [1.82, 2.24) is 24.1 Å². The van der Waals surface area contributed by atoms with Crippen molar-refractivity contribution in [2.45, 2.75) is 0 Å². The first-order chi connectivity index (χ1) is 45.5. The summed E-state index contributed by atoms with van der Waals surface area (Å²) in [6, 6.07) is -30.9. The van der Waals surface area contributed by atoms with Crippen LogP contribution in [0.15, 0.2) is 204 Å². The third kappa shape index (κ3) is 5.10.